The lowest BCUT2D eigenvalue weighted by Gasteiger charge is -2.63. The summed E-state index contributed by atoms with van der Waals surface area (Å²) in [6.45, 7) is 14.8. The molecular weight excluding hydrogens is 528 g/mol. The number of likely N-dealkylation sites (tertiary alicyclic amines) is 1. The maximum atomic E-state index is 13.4. The number of piperidine rings is 2. The van der Waals surface area contributed by atoms with Gasteiger partial charge in [-0.1, -0.05) is 34.6 Å². The number of anilines is 1. The molecule has 8 nitrogen and oxygen atoms in total. The normalized spacial score (nSPS) is 27.4. The maximum absolute atomic E-state index is 13.4. The Balaban J connectivity index is 1.19. The Kier molecular flexibility index (Phi) is 8.46. The fourth-order valence-corrected chi connectivity index (χ4v) is 7.94. The molecule has 1 saturated carbocycles. The van der Waals surface area contributed by atoms with E-state index < -0.39 is 0 Å². The Morgan fingerprint density at radius 1 is 1.02 bits per heavy atom. The first-order chi connectivity index (χ1) is 19.9. The van der Waals surface area contributed by atoms with E-state index in [0.717, 1.165) is 51.1 Å². The van der Waals surface area contributed by atoms with Crippen molar-refractivity contribution in [1.82, 2.24) is 10.2 Å². The van der Waals surface area contributed by atoms with Crippen LogP contribution in [0.3, 0.4) is 0 Å². The van der Waals surface area contributed by atoms with E-state index in [-0.39, 0.29) is 35.0 Å². The number of hydrogen-bond donors (Lipinski definition) is 2. The molecule has 2 saturated heterocycles. The second kappa shape index (κ2) is 11.8. The molecule has 1 amide bonds. The highest BCUT2D eigenvalue weighted by molar-refractivity contribution is 5.95. The van der Waals surface area contributed by atoms with Crippen LogP contribution in [0.15, 0.2) is 42.5 Å². The van der Waals surface area contributed by atoms with E-state index in [2.05, 4.69) is 67.9 Å². The number of nitrogens with zero attached hydrogens (tertiary/aromatic N) is 3. The van der Waals surface area contributed by atoms with E-state index in [1.165, 1.54) is 0 Å². The molecule has 3 aliphatic rings. The Bertz CT molecular complexity index is 1290. The summed E-state index contributed by atoms with van der Waals surface area (Å²) in [5.41, 5.74) is 1.65. The number of ether oxygens (including phenoxy) is 2. The van der Waals surface area contributed by atoms with Crippen LogP contribution in [0.1, 0.15) is 69.8 Å². The number of aliphatic hydroxyl groups is 1. The first-order valence-corrected chi connectivity index (χ1v) is 15.3. The van der Waals surface area contributed by atoms with Gasteiger partial charge < -0.3 is 24.8 Å². The fraction of sp³-hybridized carbons (Fsp3) is 0.588. The number of carbonyl (C=O) groups is 1. The molecule has 2 atom stereocenters. The van der Waals surface area contributed by atoms with Gasteiger partial charge >= 0.3 is 0 Å². The molecule has 0 radical (unpaired) electrons. The number of methoxy groups -OCH3 is 1. The first-order valence-electron chi connectivity index (χ1n) is 15.3. The largest absolute Gasteiger partial charge is 0.495 e. The molecule has 5 rings (SSSR count). The number of rotatable bonds is 7. The summed E-state index contributed by atoms with van der Waals surface area (Å²) in [5.74, 6) is 1.59. The van der Waals surface area contributed by atoms with Crippen molar-refractivity contribution < 1.29 is 19.4 Å². The Hall–Kier alpha value is -3.28. The standard InChI is InChI=1S/C34H46N4O4/c1-22-21-38(18-15-28(22)37-16-13-26(39)14-17-37)25-10-7-23(8-11-25)30(40)36-31-33(2,3)32(34(31,4)5)42-27-12-9-24(20-35)29(19-27)41-6/h7-12,19,22,26,28,31-32,39H,13-18,21H2,1-6H3,(H,36,40)/t22-,28+,31?,32?/m0/s1. The van der Waals surface area contributed by atoms with Gasteiger partial charge in [0.2, 0.25) is 0 Å². The second-order valence-electron chi connectivity index (χ2n) is 13.6. The van der Waals surface area contributed by atoms with Crippen LogP contribution in [-0.4, -0.2) is 73.5 Å². The van der Waals surface area contributed by atoms with Crippen LogP contribution in [0.2, 0.25) is 0 Å². The van der Waals surface area contributed by atoms with Crippen LogP contribution in [0, 0.1) is 28.1 Å². The highest BCUT2D eigenvalue weighted by Crippen LogP contribution is 2.55. The first kappa shape index (κ1) is 30.2. The van der Waals surface area contributed by atoms with Crippen LogP contribution in [0.25, 0.3) is 0 Å². The van der Waals surface area contributed by atoms with Crippen LogP contribution in [-0.2, 0) is 0 Å². The predicted molar refractivity (Wildman–Crippen MR) is 164 cm³/mol. The summed E-state index contributed by atoms with van der Waals surface area (Å²) in [7, 11) is 1.54. The molecule has 2 heterocycles. The minimum Gasteiger partial charge on any atom is -0.495 e. The molecule has 42 heavy (non-hydrogen) atoms. The number of hydrogen-bond acceptors (Lipinski definition) is 7. The van der Waals surface area contributed by atoms with Crippen LogP contribution < -0.4 is 19.7 Å². The Labute approximate surface area is 250 Å². The molecule has 2 aliphatic heterocycles. The van der Waals surface area contributed by atoms with Gasteiger partial charge in [0, 0.05) is 66.4 Å². The van der Waals surface area contributed by atoms with Crippen molar-refractivity contribution in [2.75, 3.05) is 38.2 Å². The fourth-order valence-electron chi connectivity index (χ4n) is 7.94. The summed E-state index contributed by atoms with van der Waals surface area (Å²) in [6.07, 6.45) is 2.60. The van der Waals surface area contributed by atoms with E-state index in [1.807, 2.05) is 12.1 Å². The molecule has 226 valence electrons. The van der Waals surface area contributed by atoms with Crippen molar-refractivity contribution in [3.05, 3.63) is 53.6 Å². The van der Waals surface area contributed by atoms with Gasteiger partial charge in [0.15, 0.2) is 0 Å². The van der Waals surface area contributed by atoms with E-state index in [4.69, 9.17) is 9.47 Å². The molecule has 2 aromatic rings. The van der Waals surface area contributed by atoms with Crippen molar-refractivity contribution >= 4 is 11.6 Å². The monoisotopic (exact) mass is 574 g/mol. The molecule has 0 spiro atoms. The highest BCUT2D eigenvalue weighted by Gasteiger charge is 2.64. The highest BCUT2D eigenvalue weighted by atomic mass is 16.5. The number of nitriles is 1. The zero-order valence-electron chi connectivity index (χ0n) is 25.9. The van der Waals surface area contributed by atoms with Gasteiger partial charge in [-0.2, -0.15) is 5.26 Å². The van der Waals surface area contributed by atoms with Gasteiger partial charge in [-0.3, -0.25) is 9.69 Å². The Morgan fingerprint density at radius 2 is 1.69 bits per heavy atom. The molecule has 1 aliphatic carbocycles. The summed E-state index contributed by atoms with van der Waals surface area (Å²) in [4.78, 5) is 18.4. The molecule has 0 unspecified atom stereocenters. The van der Waals surface area contributed by atoms with Gasteiger partial charge in [-0.15, -0.1) is 0 Å². The lowest BCUT2D eigenvalue weighted by atomic mass is 9.49. The van der Waals surface area contributed by atoms with Gasteiger partial charge in [-0.25, -0.2) is 0 Å². The van der Waals surface area contributed by atoms with Gasteiger partial charge in [0.05, 0.1) is 18.8 Å². The van der Waals surface area contributed by atoms with E-state index >= 15 is 0 Å². The summed E-state index contributed by atoms with van der Waals surface area (Å²) in [6, 6.07) is 15.9. The van der Waals surface area contributed by atoms with Crippen LogP contribution in [0.4, 0.5) is 5.69 Å². The SMILES string of the molecule is COc1cc(OC2C(C)(C)C(NC(=O)c3ccc(N4CC[C@@H](N5CCC(O)CC5)[C@@H](C)C4)cc3)C2(C)C)ccc1C#N. The van der Waals surface area contributed by atoms with Crippen molar-refractivity contribution in [3.8, 4) is 17.6 Å². The minimum absolute atomic E-state index is 0.0782. The maximum Gasteiger partial charge on any atom is 0.251 e. The van der Waals surface area contributed by atoms with Gasteiger partial charge in [-0.05, 0) is 61.6 Å². The van der Waals surface area contributed by atoms with E-state index in [1.54, 1.807) is 25.3 Å². The third-order valence-electron chi connectivity index (χ3n) is 9.99. The number of carbonyl (C=O) groups excluding carboxylic acids is 1. The summed E-state index contributed by atoms with van der Waals surface area (Å²) >= 11 is 0. The van der Waals surface area contributed by atoms with Gasteiger partial charge in [0.1, 0.15) is 23.7 Å². The summed E-state index contributed by atoms with van der Waals surface area (Å²) < 4.78 is 11.8. The predicted octanol–water partition coefficient (Wildman–Crippen LogP) is 4.85. The van der Waals surface area contributed by atoms with Crippen LogP contribution >= 0.6 is 0 Å². The quantitative estimate of drug-likeness (QED) is 0.488. The smallest absolute Gasteiger partial charge is 0.251 e. The molecule has 8 heteroatoms. The molecule has 0 aromatic heterocycles. The average molecular weight is 575 g/mol. The molecular formula is C34H46N4O4. The van der Waals surface area contributed by atoms with Crippen molar-refractivity contribution in [2.45, 2.75) is 78.2 Å². The van der Waals surface area contributed by atoms with E-state index in [9.17, 15) is 15.2 Å². The lowest BCUT2D eigenvalue weighted by molar-refractivity contribution is -0.164. The zero-order chi connectivity index (χ0) is 30.2. The number of amides is 1. The number of nitrogens with one attached hydrogen (secondary N) is 1. The molecule has 2 aromatic carbocycles. The lowest BCUT2D eigenvalue weighted by Crippen LogP contribution is -2.74. The molecule has 0 bridgehead atoms. The van der Waals surface area contributed by atoms with Crippen molar-refractivity contribution in [3.63, 3.8) is 0 Å². The summed E-state index contributed by atoms with van der Waals surface area (Å²) in [5, 5.41) is 22.5. The minimum atomic E-state index is -0.312. The topological polar surface area (TPSA) is 98.1 Å². The van der Waals surface area contributed by atoms with Crippen molar-refractivity contribution in [2.24, 2.45) is 16.7 Å². The second-order valence-corrected chi connectivity index (χ2v) is 13.6. The Morgan fingerprint density at radius 3 is 2.29 bits per heavy atom. The third kappa shape index (κ3) is 5.69. The molecule has 3 fully saturated rings. The van der Waals surface area contributed by atoms with E-state index in [0.29, 0.717) is 34.6 Å². The van der Waals surface area contributed by atoms with Crippen molar-refractivity contribution in [1.29, 1.82) is 5.26 Å². The number of aliphatic hydroxyl groups excluding tert-OH is 1. The number of benzene rings is 2. The third-order valence-corrected chi connectivity index (χ3v) is 9.99. The van der Waals surface area contributed by atoms with Crippen LogP contribution in [0.5, 0.6) is 11.5 Å². The zero-order valence-corrected chi connectivity index (χ0v) is 25.9. The van der Waals surface area contributed by atoms with Gasteiger partial charge in [0.25, 0.3) is 5.91 Å². The average Bonchev–Trinajstić information content (AvgIpc) is 2.98. The molecule has 2 N–H and O–H groups in total.